The summed E-state index contributed by atoms with van der Waals surface area (Å²) >= 11 is 6.20. The van der Waals surface area contributed by atoms with Crippen LogP contribution in [0.4, 0.5) is 17.5 Å². The summed E-state index contributed by atoms with van der Waals surface area (Å²) in [5.74, 6) is 2.23. The summed E-state index contributed by atoms with van der Waals surface area (Å²) in [4.78, 5) is 27.2. The third kappa shape index (κ3) is 7.40. The Morgan fingerprint density at radius 3 is 2.64 bits per heavy atom. The van der Waals surface area contributed by atoms with Crippen molar-refractivity contribution in [1.82, 2.24) is 19.9 Å². The van der Waals surface area contributed by atoms with Gasteiger partial charge >= 0.3 is 0 Å². The Kier molecular flexibility index (Phi) is 9.43. The van der Waals surface area contributed by atoms with Crippen LogP contribution in [0.25, 0.3) is 10.7 Å². The zero-order chi connectivity index (χ0) is 30.3. The van der Waals surface area contributed by atoms with E-state index in [1.54, 1.807) is 0 Å². The number of hydrogen-bond acceptors (Lipinski definition) is 5. The molecule has 6 rings (SSSR count). The van der Waals surface area contributed by atoms with Crippen molar-refractivity contribution >= 4 is 35.0 Å². The van der Waals surface area contributed by atoms with Crippen LogP contribution in [0.15, 0.2) is 73.1 Å². The fraction of sp³-hybridized carbons (Fsp3) is 0.371. The quantitative estimate of drug-likeness (QED) is 0.159. The number of amides is 1. The van der Waals surface area contributed by atoms with Crippen molar-refractivity contribution < 1.29 is 4.79 Å². The number of aromatic nitrogens is 3. The van der Waals surface area contributed by atoms with Crippen molar-refractivity contribution in [3.8, 4) is 5.82 Å². The first-order valence-electron chi connectivity index (χ1n) is 15.6. The van der Waals surface area contributed by atoms with Crippen LogP contribution in [0.5, 0.6) is 0 Å². The van der Waals surface area contributed by atoms with Crippen LogP contribution in [0.2, 0.25) is 5.02 Å². The molecule has 44 heavy (non-hydrogen) atoms. The average molecular weight is 608 g/mol. The number of nitrogens with one attached hydrogen (secondary N) is 3. The van der Waals surface area contributed by atoms with E-state index in [0.717, 1.165) is 55.2 Å². The Morgan fingerprint density at radius 1 is 1.00 bits per heavy atom. The minimum Gasteiger partial charge on any atom is -0.358 e. The number of benzene rings is 2. The van der Waals surface area contributed by atoms with Crippen LogP contribution < -0.4 is 16.0 Å². The Hall–Kier alpha value is -4.35. The second kappa shape index (κ2) is 14.0. The van der Waals surface area contributed by atoms with Crippen LogP contribution in [0.3, 0.4) is 0 Å². The summed E-state index contributed by atoms with van der Waals surface area (Å²) in [5.41, 5.74) is 3.95. The number of carbonyl (C=O) groups excluding carboxylic acids is 1. The summed E-state index contributed by atoms with van der Waals surface area (Å²) < 4.78 is 1.93. The van der Waals surface area contributed by atoms with E-state index in [1.165, 1.54) is 19.3 Å². The lowest BCUT2D eigenvalue weighted by molar-refractivity contribution is -0.123. The molecule has 3 N–H and O–H groups in total. The molecule has 0 radical (unpaired) electrons. The van der Waals surface area contributed by atoms with Gasteiger partial charge in [-0.3, -0.25) is 4.79 Å². The Labute approximate surface area is 264 Å². The highest BCUT2D eigenvalue weighted by molar-refractivity contribution is 6.30. The molecule has 0 unspecified atom stereocenters. The van der Waals surface area contributed by atoms with E-state index in [-0.39, 0.29) is 11.9 Å². The predicted octanol–water partition coefficient (Wildman–Crippen LogP) is 8.03. The van der Waals surface area contributed by atoms with Gasteiger partial charge in [0, 0.05) is 30.0 Å². The highest BCUT2D eigenvalue weighted by Crippen LogP contribution is 2.33. The molecule has 0 aliphatic heterocycles. The minimum atomic E-state index is -0.445. The summed E-state index contributed by atoms with van der Waals surface area (Å²) in [7, 11) is 0. The summed E-state index contributed by atoms with van der Waals surface area (Å²) in [6.07, 6.45) is 13.4. The molecule has 1 amide bonds. The molecule has 9 heteroatoms. The Balaban J connectivity index is 1.25. The van der Waals surface area contributed by atoms with Crippen LogP contribution >= 0.6 is 11.6 Å². The maximum absolute atomic E-state index is 14.1. The molecule has 2 aliphatic carbocycles. The number of carbonyl (C=O) groups is 1. The second-order valence-corrected chi connectivity index (χ2v) is 12.3. The molecular weight excluding hydrogens is 570 g/mol. The molecule has 2 aliphatic rings. The van der Waals surface area contributed by atoms with Gasteiger partial charge in [0.15, 0.2) is 5.69 Å². The molecule has 2 heterocycles. The molecule has 0 spiro atoms. The fourth-order valence-electron chi connectivity index (χ4n) is 6.49. The Morgan fingerprint density at radius 2 is 1.84 bits per heavy atom. The molecule has 1 saturated carbocycles. The molecule has 0 bridgehead atoms. The second-order valence-electron chi connectivity index (χ2n) is 11.9. The molecule has 8 nitrogen and oxygen atoms in total. The van der Waals surface area contributed by atoms with E-state index in [9.17, 15) is 4.79 Å². The number of rotatable bonds is 10. The zero-order valence-electron chi connectivity index (χ0n) is 24.8. The third-order valence-corrected chi connectivity index (χ3v) is 8.98. The van der Waals surface area contributed by atoms with Crippen molar-refractivity contribution in [1.29, 1.82) is 0 Å². The summed E-state index contributed by atoms with van der Waals surface area (Å²) in [5, 5.41) is 10.9. The fourth-order valence-corrected chi connectivity index (χ4v) is 6.71. The number of anilines is 2. The topological polar surface area (TPSA) is 88.2 Å². The lowest BCUT2D eigenvalue weighted by Crippen LogP contribution is -2.43. The molecule has 2 aromatic heterocycles. The van der Waals surface area contributed by atoms with Crippen LogP contribution in [-0.2, 0) is 17.8 Å². The van der Waals surface area contributed by atoms with E-state index in [4.69, 9.17) is 28.1 Å². The van der Waals surface area contributed by atoms with Crippen molar-refractivity contribution in [2.75, 3.05) is 10.6 Å². The number of aryl methyl sites for hydroxylation is 1. The third-order valence-electron chi connectivity index (χ3n) is 8.74. The monoisotopic (exact) mass is 607 g/mol. The van der Waals surface area contributed by atoms with E-state index in [0.29, 0.717) is 40.8 Å². The standard InChI is InChI=1S/C35H38ClN7O/c1-37-28-15-16-29-26(21-28)12-8-14-30(29)40-34(44)31(20-24-9-3-2-4-10-24)39-32-22-33(43-17-5-6-18-43)42-35(41-32)38-23-25-11-7-13-27(36)19-25/h5-7,11,13,15-19,21-22,24,30-31H,2-4,8-10,12,14,20,23H2,(H,40,44)(H2,38,39,41,42)/t30-,31-/m1/s1. The Bertz CT molecular complexity index is 1620. The lowest BCUT2D eigenvalue weighted by atomic mass is 9.84. The van der Waals surface area contributed by atoms with Gasteiger partial charge in [0.2, 0.25) is 11.9 Å². The van der Waals surface area contributed by atoms with Crippen LogP contribution in [0, 0.1) is 12.5 Å². The SMILES string of the molecule is [C-]#[N+]c1ccc2c(c1)CCC[C@H]2NC(=O)[C@@H](CC1CCCCC1)Nc1cc(-n2cccc2)nc(NCc2cccc(Cl)c2)n1. The number of halogens is 1. The molecule has 4 aromatic rings. The summed E-state index contributed by atoms with van der Waals surface area (Å²) in [6, 6.07) is 18.8. The molecule has 226 valence electrons. The van der Waals surface area contributed by atoms with Gasteiger partial charge in [0.25, 0.3) is 0 Å². The van der Waals surface area contributed by atoms with Crippen molar-refractivity contribution in [3.05, 3.63) is 106 Å². The molecular formula is C35H38ClN7O. The van der Waals surface area contributed by atoms with Crippen molar-refractivity contribution in [2.45, 2.75) is 76.4 Å². The number of fused-ring (bicyclic) bond motifs is 1. The van der Waals surface area contributed by atoms with E-state index < -0.39 is 6.04 Å². The van der Waals surface area contributed by atoms with Crippen molar-refractivity contribution in [3.63, 3.8) is 0 Å². The van der Waals surface area contributed by atoms with Gasteiger partial charge in [0.05, 0.1) is 12.6 Å². The van der Waals surface area contributed by atoms with Gasteiger partial charge < -0.3 is 20.5 Å². The normalized spacial score (nSPS) is 17.2. The van der Waals surface area contributed by atoms with Crippen molar-refractivity contribution in [2.24, 2.45) is 5.92 Å². The highest BCUT2D eigenvalue weighted by atomic mass is 35.5. The minimum absolute atomic E-state index is 0.0164. The molecule has 2 atom stereocenters. The van der Waals surface area contributed by atoms with Gasteiger partial charge in [-0.1, -0.05) is 79.6 Å². The smallest absolute Gasteiger partial charge is 0.243 e. The number of nitrogens with zero attached hydrogens (tertiary/aromatic N) is 4. The lowest BCUT2D eigenvalue weighted by Gasteiger charge is -2.31. The maximum atomic E-state index is 14.1. The first kappa shape index (κ1) is 29.7. The van der Waals surface area contributed by atoms with E-state index >= 15 is 0 Å². The van der Waals surface area contributed by atoms with Gasteiger partial charge in [-0.05, 0) is 67.0 Å². The predicted molar refractivity (Wildman–Crippen MR) is 175 cm³/mol. The highest BCUT2D eigenvalue weighted by Gasteiger charge is 2.29. The average Bonchev–Trinajstić information content (AvgIpc) is 3.59. The van der Waals surface area contributed by atoms with Crippen LogP contribution in [0.1, 0.15) is 74.1 Å². The van der Waals surface area contributed by atoms with E-state index in [2.05, 4.69) is 20.8 Å². The van der Waals surface area contributed by atoms with Gasteiger partial charge in [-0.25, -0.2) is 4.85 Å². The zero-order valence-corrected chi connectivity index (χ0v) is 25.6. The molecule has 2 aromatic carbocycles. The van der Waals surface area contributed by atoms with Gasteiger partial charge in [-0.15, -0.1) is 0 Å². The summed E-state index contributed by atoms with van der Waals surface area (Å²) in [6.45, 7) is 7.90. The first-order chi connectivity index (χ1) is 21.5. The van der Waals surface area contributed by atoms with Gasteiger partial charge in [0.1, 0.15) is 17.7 Å². The molecule has 0 saturated heterocycles. The maximum Gasteiger partial charge on any atom is 0.243 e. The van der Waals surface area contributed by atoms with E-state index in [1.807, 2.05) is 77.6 Å². The first-order valence-corrected chi connectivity index (χ1v) is 16.0. The van der Waals surface area contributed by atoms with Gasteiger partial charge in [-0.2, -0.15) is 9.97 Å². The van der Waals surface area contributed by atoms with Crippen LogP contribution in [-0.4, -0.2) is 26.5 Å². The molecule has 1 fully saturated rings. The number of hydrogen-bond donors (Lipinski definition) is 3. The largest absolute Gasteiger partial charge is 0.358 e.